The third-order valence-corrected chi connectivity index (χ3v) is 5.19. The number of carbonyl (C=O) groups excluding carboxylic acids is 1. The molecule has 0 aliphatic carbocycles. The van der Waals surface area contributed by atoms with E-state index in [1.807, 2.05) is 23.1 Å². The van der Waals surface area contributed by atoms with Gasteiger partial charge in [-0.05, 0) is 49.6 Å². The van der Waals surface area contributed by atoms with Gasteiger partial charge in [-0.15, -0.1) is 0 Å². The Balaban J connectivity index is 1.68. The first-order valence-electron chi connectivity index (χ1n) is 8.42. The molecule has 1 aliphatic heterocycles. The Labute approximate surface area is 151 Å². The van der Waals surface area contributed by atoms with Gasteiger partial charge in [-0.25, -0.2) is 4.98 Å². The third-order valence-electron chi connectivity index (χ3n) is 4.34. The highest BCUT2D eigenvalue weighted by Crippen LogP contribution is 2.23. The highest BCUT2D eigenvalue weighted by molar-refractivity contribution is 9.10. The van der Waals surface area contributed by atoms with E-state index in [1.165, 1.54) is 18.4 Å². The van der Waals surface area contributed by atoms with E-state index in [2.05, 4.69) is 39.2 Å². The second-order valence-corrected chi connectivity index (χ2v) is 7.08. The quantitative estimate of drug-likeness (QED) is 0.813. The highest BCUT2D eigenvalue weighted by atomic mass is 79.9. The maximum atomic E-state index is 12.5. The topological polar surface area (TPSA) is 45.2 Å². The molecule has 1 aromatic carbocycles. The molecule has 0 bridgehead atoms. The van der Waals surface area contributed by atoms with Crippen LogP contribution in [0.1, 0.15) is 41.7 Å². The van der Waals surface area contributed by atoms with Crippen molar-refractivity contribution in [2.45, 2.75) is 32.6 Å². The van der Waals surface area contributed by atoms with Gasteiger partial charge in [0.2, 0.25) is 0 Å². The molecule has 0 saturated carbocycles. The molecule has 3 rings (SSSR count). The summed E-state index contributed by atoms with van der Waals surface area (Å²) in [6.07, 6.45) is 6.33. The van der Waals surface area contributed by atoms with Gasteiger partial charge in [0, 0.05) is 23.2 Å². The van der Waals surface area contributed by atoms with E-state index >= 15 is 0 Å². The van der Waals surface area contributed by atoms with Crippen LogP contribution in [0.5, 0.6) is 0 Å². The van der Waals surface area contributed by atoms with E-state index in [-0.39, 0.29) is 5.91 Å². The number of amides is 1. The van der Waals surface area contributed by atoms with Crippen molar-refractivity contribution >= 4 is 33.2 Å². The van der Waals surface area contributed by atoms with E-state index in [4.69, 9.17) is 0 Å². The average molecular weight is 388 g/mol. The minimum atomic E-state index is 0.0431. The van der Waals surface area contributed by atoms with Gasteiger partial charge in [-0.2, -0.15) is 0 Å². The van der Waals surface area contributed by atoms with Gasteiger partial charge in [0.15, 0.2) is 0 Å². The van der Waals surface area contributed by atoms with E-state index < -0.39 is 0 Å². The molecule has 0 unspecified atom stereocenters. The summed E-state index contributed by atoms with van der Waals surface area (Å²) < 4.78 is 1.06. The zero-order valence-electron chi connectivity index (χ0n) is 13.9. The van der Waals surface area contributed by atoms with Crippen molar-refractivity contribution in [2.24, 2.45) is 0 Å². The number of nitrogens with one attached hydrogen (secondary N) is 1. The molecule has 24 heavy (non-hydrogen) atoms. The van der Waals surface area contributed by atoms with Crippen LogP contribution in [0.2, 0.25) is 0 Å². The molecule has 1 fully saturated rings. The molecule has 126 valence electrons. The first-order chi connectivity index (χ1) is 11.6. The van der Waals surface area contributed by atoms with Crippen LogP contribution in [-0.2, 0) is 0 Å². The molecule has 1 amide bonds. The Hall–Kier alpha value is -1.88. The fourth-order valence-electron chi connectivity index (χ4n) is 2.87. The van der Waals surface area contributed by atoms with Gasteiger partial charge in [0.1, 0.15) is 5.69 Å². The van der Waals surface area contributed by atoms with Crippen LogP contribution in [0.4, 0.5) is 11.4 Å². The summed E-state index contributed by atoms with van der Waals surface area (Å²) in [4.78, 5) is 18.8. The molecule has 2 heterocycles. The van der Waals surface area contributed by atoms with Gasteiger partial charge in [0.05, 0.1) is 11.9 Å². The standard InChI is InChI=1S/C19H22BrN3O/c1-14-6-7-15(12-17(14)20)22-16-8-9-18(21-13-16)19(24)23-10-4-2-3-5-11-23/h6-9,12-13,22H,2-5,10-11H2,1H3. The molecule has 5 heteroatoms. The van der Waals surface area contributed by atoms with Crippen LogP contribution in [0.15, 0.2) is 41.0 Å². The van der Waals surface area contributed by atoms with Crippen molar-refractivity contribution in [3.05, 3.63) is 52.3 Å². The zero-order chi connectivity index (χ0) is 16.9. The number of benzene rings is 1. The predicted octanol–water partition coefficient (Wildman–Crippen LogP) is 4.91. The van der Waals surface area contributed by atoms with Crippen molar-refractivity contribution in [3.63, 3.8) is 0 Å². The van der Waals surface area contributed by atoms with Gasteiger partial charge in [-0.1, -0.05) is 34.8 Å². The number of halogens is 1. The summed E-state index contributed by atoms with van der Waals surface area (Å²) in [6, 6.07) is 9.82. The van der Waals surface area contributed by atoms with Gasteiger partial charge < -0.3 is 10.2 Å². The van der Waals surface area contributed by atoms with Crippen LogP contribution in [0.25, 0.3) is 0 Å². The smallest absolute Gasteiger partial charge is 0.272 e. The Morgan fingerprint density at radius 2 is 1.79 bits per heavy atom. The SMILES string of the molecule is Cc1ccc(Nc2ccc(C(=O)N3CCCCCC3)nc2)cc1Br. The van der Waals surface area contributed by atoms with E-state index in [0.717, 1.165) is 41.8 Å². The summed E-state index contributed by atoms with van der Waals surface area (Å²) in [5.41, 5.74) is 3.57. The minimum absolute atomic E-state index is 0.0431. The Kier molecular flexibility index (Phi) is 5.51. The van der Waals surface area contributed by atoms with Crippen molar-refractivity contribution < 1.29 is 4.79 Å². The number of rotatable bonds is 3. The lowest BCUT2D eigenvalue weighted by Gasteiger charge is -2.19. The molecule has 1 saturated heterocycles. The number of likely N-dealkylation sites (tertiary alicyclic amines) is 1. The molecule has 4 nitrogen and oxygen atoms in total. The molecular weight excluding hydrogens is 366 g/mol. The normalized spacial score (nSPS) is 15.0. The Bertz CT molecular complexity index is 707. The van der Waals surface area contributed by atoms with Crippen LogP contribution >= 0.6 is 15.9 Å². The van der Waals surface area contributed by atoms with E-state index in [0.29, 0.717) is 5.69 Å². The number of nitrogens with zero attached hydrogens (tertiary/aromatic N) is 2. The average Bonchev–Trinajstić information content (AvgIpc) is 2.88. The first kappa shape index (κ1) is 17.0. The molecule has 2 aromatic rings. The first-order valence-corrected chi connectivity index (χ1v) is 9.21. The second kappa shape index (κ2) is 7.79. The lowest BCUT2D eigenvalue weighted by molar-refractivity contribution is 0.0756. The van der Waals surface area contributed by atoms with Gasteiger partial charge in [-0.3, -0.25) is 4.79 Å². The Morgan fingerprint density at radius 1 is 1.08 bits per heavy atom. The van der Waals surface area contributed by atoms with Crippen molar-refractivity contribution in [2.75, 3.05) is 18.4 Å². The van der Waals surface area contributed by atoms with Crippen LogP contribution in [-0.4, -0.2) is 28.9 Å². The molecule has 0 spiro atoms. The van der Waals surface area contributed by atoms with E-state index in [1.54, 1.807) is 12.3 Å². The second-order valence-electron chi connectivity index (χ2n) is 6.23. The lowest BCUT2D eigenvalue weighted by atomic mass is 10.2. The number of hydrogen-bond donors (Lipinski definition) is 1. The molecule has 1 N–H and O–H groups in total. The van der Waals surface area contributed by atoms with E-state index in [9.17, 15) is 4.79 Å². The summed E-state index contributed by atoms with van der Waals surface area (Å²) in [6.45, 7) is 3.74. The number of aromatic nitrogens is 1. The van der Waals surface area contributed by atoms with Crippen LogP contribution < -0.4 is 5.32 Å². The molecule has 0 atom stereocenters. The fourth-order valence-corrected chi connectivity index (χ4v) is 3.25. The lowest BCUT2D eigenvalue weighted by Crippen LogP contribution is -2.32. The van der Waals surface area contributed by atoms with Gasteiger partial charge in [0.25, 0.3) is 5.91 Å². The van der Waals surface area contributed by atoms with Crippen molar-refractivity contribution in [1.29, 1.82) is 0 Å². The monoisotopic (exact) mass is 387 g/mol. The van der Waals surface area contributed by atoms with Crippen LogP contribution in [0.3, 0.4) is 0 Å². The molecule has 1 aliphatic rings. The molecular formula is C19H22BrN3O. The number of anilines is 2. The maximum Gasteiger partial charge on any atom is 0.272 e. The number of carbonyl (C=O) groups is 1. The van der Waals surface area contributed by atoms with Crippen molar-refractivity contribution in [1.82, 2.24) is 9.88 Å². The summed E-state index contributed by atoms with van der Waals surface area (Å²) in [5, 5.41) is 3.31. The highest BCUT2D eigenvalue weighted by Gasteiger charge is 2.18. The summed E-state index contributed by atoms with van der Waals surface area (Å²) in [5.74, 6) is 0.0431. The minimum Gasteiger partial charge on any atom is -0.354 e. The van der Waals surface area contributed by atoms with Crippen LogP contribution in [0, 0.1) is 6.92 Å². The largest absolute Gasteiger partial charge is 0.354 e. The predicted molar refractivity (Wildman–Crippen MR) is 101 cm³/mol. The summed E-state index contributed by atoms with van der Waals surface area (Å²) in [7, 11) is 0. The molecule has 1 aromatic heterocycles. The van der Waals surface area contributed by atoms with Gasteiger partial charge >= 0.3 is 0 Å². The third kappa shape index (κ3) is 4.15. The maximum absolute atomic E-state index is 12.5. The van der Waals surface area contributed by atoms with Crippen molar-refractivity contribution in [3.8, 4) is 0 Å². The zero-order valence-corrected chi connectivity index (χ0v) is 15.5. The fraction of sp³-hybridized carbons (Fsp3) is 0.368. The Morgan fingerprint density at radius 3 is 2.42 bits per heavy atom. The molecule has 0 radical (unpaired) electrons. The summed E-state index contributed by atoms with van der Waals surface area (Å²) >= 11 is 3.53. The number of hydrogen-bond acceptors (Lipinski definition) is 3. The number of aryl methyl sites for hydroxylation is 1. The number of pyridine rings is 1.